The molecule has 0 spiro atoms. The van der Waals surface area contributed by atoms with Crippen molar-refractivity contribution in [2.45, 2.75) is 0 Å². The third-order valence-electron chi connectivity index (χ3n) is 2.11. The molecular weight excluding hydrogens is 258 g/mol. The van der Waals surface area contributed by atoms with Crippen molar-refractivity contribution in [2.24, 2.45) is 10.9 Å². The van der Waals surface area contributed by atoms with Gasteiger partial charge in [0.05, 0.1) is 12.4 Å². The van der Waals surface area contributed by atoms with E-state index < -0.39 is 11.6 Å². The predicted molar refractivity (Wildman–Crippen MR) is 61.0 cm³/mol. The molecule has 0 radical (unpaired) electrons. The number of amidine groups is 1. The van der Waals surface area contributed by atoms with Gasteiger partial charge in [-0.2, -0.15) is 0 Å². The second-order valence-electron chi connectivity index (χ2n) is 3.40. The Labute approximate surface area is 106 Å². The zero-order valence-corrected chi connectivity index (χ0v) is 9.42. The summed E-state index contributed by atoms with van der Waals surface area (Å²) >= 11 is 0. The largest absolute Gasteiger partial charge is 0.437 e. The summed E-state index contributed by atoms with van der Waals surface area (Å²) in [7, 11) is 0. The molecule has 0 amide bonds. The van der Waals surface area contributed by atoms with Crippen LogP contribution in [0.5, 0.6) is 11.6 Å². The van der Waals surface area contributed by atoms with E-state index in [0.29, 0.717) is 0 Å². The molecule has 0 aliphatic carbocycles. The fourth-order valence-electron chi connectivity index (χ4n) is 1.21. The molecule has 0 fully saturated rings. The first-order valence-electron chi connectivity index (χ1n) is 5.03. The topological polar surface area (TPSA) is 93.6 Å². The van der Waals surface area contributed by atoms with E-state index in [2.05, 4.69) is 15.1 Å². The summed E-state index contributed by atoms with van der Waals surface area (Å²) in [5.41, 5.74) is 5.45. The molecule has 3 N–H and O–H groups in total. The number of ether oxygens (including phenoxy) is 1. The van der Waals surface area contributed by atoms with Crippen LogP contribution < -0.4 is 10.5 Å². The van der Waals surface area contributed by atoms with Crippen LogP contribution in [0.15, 0.2) is 35.7 Å². The van der Waals surface area contributed by atoms with Crippen LogP contribution in [0.1, 0.15) is 5.69 Å². The molecule has 0 saturated carbocycles. The fraction of sp³-hybridized carbons (Fsp3) is 0. The highest BCUT2D eigenvalue weighted by molar-refractivity contribution is 5.94. The zero-order valence-electron chi connectivity index (χ0n) is 9.42. The van der Waals surface area contributed by atoms with E-state index in [4.69, 9.17) is 15.7 Å². The van der Waals surface area contributed by atoms with Crippen molar-refractivity contribution in [1.29, 1.82) is 0 Å². The minimum Gasteiger partial charge on any atom is -0.437 e. The van der Waals surface area contributed by atoms with Crippen LogP contribution >= 0.6 is 0 Å². The van der Waals surface area contributed by atoms with Gasteiger partial charge in [0.25, 0.3) is 0 Å². The van der Waals surface area contributed by atoms with Gasteiger partial charge in [-0.15, -0.1) is 0 Å². The Morgan fingerprint density at radius 1 is 1.21 bits per heavy atom. The van der Waals surface area contributed by atoms with Gasteiger partial charge in [-0.05, 0) is 12.1 Å². The van der Waals surface area contributed by atoms with Gasteiger partial charge in [-0.25, -0.2) is 18.7 Å². The van der Waals surface area contributed by atoms with Crippen molar-refractivity contribution >= 4 is 5.84 Å². The highest BCUT2D eigenvalue weighted by Crippen LogP contribution is 2.20. The predicted octanol–water partition coefficient (Wildman–Crippen LogP) is 1.64. The summed E-state index contributed by atoms with van der Waals surface area (Å²) in [5.74, 6) is -2.07. The minimum atomic E-state index is -1.03. The number of hydrogen-bond donors (Lipinski definition) is 2. The molecule has 98 valence electrons. The number of aromatic nitrogens is 2. The molecule has 0 bridgehead atoms. The quantitative estimate of drug-likeness (QED) is 0.381. The molecule has 6 nitrogen and oxygen atoms in total. The number of hydrogen-bond acceptors (Lipinski definition) is 5. The minimum absolute atomic E-state index is 0.0560. The summed E-state index contributed by atoms with van der Waals surface area (Å²) in [6.45, 7) is 0. The van der Waals surface area contributed by atoms with E-state index in [0.717, 1.165) is 12.1 Å². The number of halogens is 2. The Morgan fingerprint density at radius 2 is 2.00 bits per heavy atom. The molecule has 2 aromatic rings. The van der Waals surface area contributed by atoms with Gasteiger partial charge >= 0.3 is 0 Å². The third kappa shape index (κ3) is 2.92. The van der Waals surface area contributed by atoms with Gasteiger partial charge in [0.15, 0.2) is 17.5 Å². The van der Waals surface area contributed by atoms with Crippen molar-refractivity contribution in [3.8, 4) is 11.6 Å². The standard InChI is InChI=1S/C11H8F2N4O2/c12-7-2-1-6(3-8(7)13)19-10-5-15-9(4-16-10)11(14)17-18/h1-5,18H,(H2,14,17). The Bertz CT molecular complexity index is 617. The Hall–Kier alpha value is -2.77. The van der Waals surface area contributed by atoms with Crippen LogP contribution in [0.4, 0.5) is 8.78 Å². The summed E-state index contributed by atoms with van der Waals surface area (Å²) < 4.78 is 30.8. The Morgan fingerprint density at radius 3 is 2.58 bits per heavy atom. The lowest BCUT2D eigenvalue weighted by Crippen LogP contribution is -2.15. The summed E-state index contributed by atoms with van der Waals surface area (Å²) in [5, 5.41) is 11.2. The first-order chi connectivity index (χ1) is 9.10. The van der Waals surface area contributed by atoms with E-state index in [1.807, 2.05) is 0 Å². The SMILES string of the molecule is NC(=NO)c1cnc(Oc2ccc(F)c(F)c2)cn1. The van der Waals surface area contributed by atoms with Crippen LogP contribution in [0.25, 0.3) is 0 Å². The van der Waals surface area contributed by atoms with Gasteiger partial charge in [0.1, 0.15) is 11.4 Å². The fourth-order valence-corrected chi connectivity index (χ4v) is 1.21. The lowest BCUT2D eigenvalue weighted by Gasteiger charge is -2.05. The lowest BCUT2D eigenvalue weighted by atomic mass is 10.3. The van der Waals surface area contributed by atoms with Crippen LogP contribution in [0.2, 0.25) is 0 Å². The van der Waals surface area contributed by atoms with Crippen molar-refractivity contribution in [3.63, 3.8) is 0 Å². The maximum Gasteiger partial charge on any atom is 0.237 e. The average Bonchev–Trinajstić information content (AvgIpc) is 2.43. The lowest BCUT2D eigenvalue weighted by molar-refractivity contribution is 0.318. The Balaban J connectivity index is 2.17. The molecule has 2 rings (SSSR count). The molecule has 1 aromatic heterocycles. The van der Waals surface area contributed by atoms with Crippen molar-refractivity contribution in [2.75, 3.05) is 0 Å². The second kappa shape index (κ2) is 5.25. The molecule has 0 aliphatic heterocycles. The van der Waals surface area contributed by atoms with Gasteiger partial charge in [0, 0.05) is 6.07 Å². The van der Waals surface area contributed by atoms with Gasteiger partial charge in [0.2, 0.25) is 5.88 Å². The van der Waals surface area contributed by atoms with E-state index >= 15 is 0 Å². The molecule has 0 unspecified atom stereocenters. The number of rotatable bonds is 3. The van der Waals surface area contributed by atoms with E-state index in [1.54, 1.807) is 0 Å². The highest BCUT2D eigenvalue weighted by Gasteiger charge is 2.06. The number of benzene rings is 1. The van der Waals surface area contributed by atoms with Gasteiger partial charge in [-0.1, -0.05) is 5.16 Å². The Kier molecular flexibility index (Phi) is 3.51. The number of nitrogens with zero attached hydrogens (tertiary/aromatic N) is 3. The van der Waals surface area contributed by atoms with E-state index in [1.165, 1.54) is 18.5 Å². The van der Waals surface area contributed by atoms with Crippen molar-refractivity contribution < 1.29 is 18.7 Å². The summed E-state index contributed by atoms with van der Waals surface area (Å²) in [6, 6.07) is 3.06. The van der Waals surface area contributed by atoms with Crippen LogP contribution in [0, 0.1) is 11.6 Å². The van der Waals surface area contributed by atoms with Gasteiger partial charge in [-0.3, -0.25) is 0 Å². The first kappa shape index (κ1) is 12.7. The normalized spacial score (nSPS) is 11.4. The molecular formula is C11H8F2N4O2. The van der Waals surface area contributed by atoms with Gasteiger partial charge < -0.3 is 15.7 Å². The highest BCUT2D eigenvalue weighted by atomic mass is 19.2. The molecule has 19 heavy (non-hydrogen) atoms. The van der Waals surface area contributed by atoms with Crippen LogP contribution in [0.3, 0.4) is 0 Å². The monoisotopic (exact) mass is 266 g/mol. The molecule has 1 aromatic carbocycles. The maximum absolute atomic E-state index is 12.9. The number of nitrogens with two attached hydrogens (primary N) is 1. The maximum atomic E-state index is 12.9. The van der Waals surface area contributed by atoms with Crippen LogP contribution in [-0.4, -0.2) is 21.0 Å². The summed E-state index contributed by atoms with van der Waals surface area (Å²) in [4.78, 5) is 7.64. The zero-order chi connectivity index (χ0) is 13.8. The molecule has 0 aliphatic rings. The third-order valence-corrected chi connectivity index (χ3v) is 2.11. The van der Waals surface area contributed by atoms with Crippen molar-refractivity contribution in [1.82, 2.24) is 9.97 Å². The molecule has 0 atom stereocenters. The molecule has 8 heteroatoms. The van der Waals surface area contributed by atoms with Crippen molar-refractivity contribution in [3.05, 3.63) is 47.9 Å². The smallest absolute Gasteiger partial charge is 0.237 e. The van der Waals surface area contributed by atoms with Crippen LogP contribution in [-0.2, 0) is 0 Å². The van der Waals surface area contributed by atoms with E-state index in [9.17, 15) is 8.78 Å². The molecule has 1 heterocycles. The molecule has 0 saturated heterocycles. The van der Waals surface area contributed by atoms with E-state index in [-0.39, 0.29) is 23.2 Å². The second-order valence-corrected chi connectivity index (χ2v) is 3.40. The summed E-state index contributed by atoms with van der Waals surface area (Å²) in [6.07, 6.45) is 2.42. The first-order valence-corrected chi connectivity index (χ1v) is 5.03. The number of oxime groups is 1. The average molecular weight is 266 g/mol.